The molecule has 0 spiro atoms. The number of carbonyl (C=O) groups excluding carboxylic acids is 2. The predicted molar refractivity (Wildman–Crippen MR) is 104 cm³/mol. The third kappa shape index (κ3) is 6.40. The highest BCUT2D eigenvalue weighted by molar-refractivity contribution is 5.87. The van der Waals surface area contributed by atoms with Crippen LogP contribution in [-0.4, -0.2) is 59.7 Å². The van der Waals surface area contributed by atoms with Crippen LogP contribution < -0.4 is 0 Å². The summed E-state index contributed by atoms with van der Waals surface area (Å²) >= 11 is 0. The van der Waals surface area contributed by atoms with Crippen molar-refractivity contribution in [3.63, 3.8) is 0 Å². The van der Waals surface area contributed by atoms with E-state index in [0.717, 1.165) is 12.0 Å². The van der Waals surface area contributed by atoms with E-state index in [1.807, 2.05) is 51.1 Å². The van der Waals surface area contributed by atoms with Gasteiger partial charge in [0.2, 0.25) is 5.91 Å². The van der Waals surface area contributed by atoms with Crippen molar-refractivity contribution in [2.24, 2.45) is 0 Å². The number of ether oxygens (including phenoxy) is 2. The fourth-order valence-electron chi connectivity index (χ4n) is 2.87. The van der Waals surface area contributed by atoms with Gasteiger partial charge in [0.15, 0.2) is 0 Å². The van der Waals surface area contributed by atoms with Crippen LogP contribution in [0.25, 0.3) is 0 Å². The SMILES string of the molecule is C=CCCN1CCN(C(=O)OC(C)(C)C)[C@@H](COCc2ccccc2)C1=O. The summed E-state index contributed by atoms with van der Waals surface area (Å²) in [5.74, 6) is -0.109. The lowest BCUT2D eigenvalue weighted by molar-refractivity contribution is -0.144. The molecule has 1 aliphatic heterocycles. The van der Waals surface area contributed by atoms with Gasteiger partial charge in [-0.25, -0.2) is 4.79 Å². The van der Waals surface area contributed by atoms with Crippen LogP contribution >= 0.6 is 0 Å². The minimum absolute atomic E-state index is 0.109. The molecule has 0 bridgehead atoms. The lowest BCUT2D eigenvalue weighted by atomic mass is 10.1. The van der Waals surface area contributed by atoms with Crippen molar-refractivity contribution in [1.29, 1.82) is 0 Å². The molecular formula is C21H30N2O4. The number of amides is 2. The van der Waals surface area contributed by atoms with E-state index in [9.17, 15) is 9.59 Å². The number of carbonyl (C=O) groups is 2. The topological polar surface area (TPSA) is 59.1 Å². The van der Waals surface area contributed by atoms with E-state index in [-0.39, 0.29) is 12.5 Å². The molecule has 6 heteroatoms. The molecule has 148 valence electrons. The molecule has 1 aromatic rings. The maximum atomic E-state index is 12.9. The summed E-state index contributed by atoms with van der Waals surface area (Å²) in [5.41, 5.74) is 0.406. The third-order valence-electron chi connectivity index (χ3n) is 4.20. The molecule has 0 radical (unpaired) electrons. The molecule has 1 heterocycles. The molecule has 0 N–H and O–H groups in total. The molecule has 0 unspecified atom stereocenters. The van der Waals surface area contributed by atoms with Crippen molar-refractivity contribution in [2.45, 2.75) is 45.4 Å². The second-order valence-corrected chi connectivity index (χ2v) is 7.59. The van der Waals surface area contributed by atoms with E-state index in [1.54, 1.807) is 11.0 Å². The monoisotopic (exact) mass is 374 g/mol. The van der Waals surface area contributed by atoms with Gasteiger partial charge in [0.25, 0.3) is 0 Å². The zero-order valence-corrected chi connectivity index (χ0v) is 16.5. The highest BCUT2D eigenvalue weighted by atomic mass is 16.6. The molecule has 1 aromatic carbocycles. The predicted octanol–water partition coefficient (Wildman–Crippen LogP) is 3.23. The molecule has 0 aliphatic carbocycles. The quantitative estimate of drug-likeness (QED) is 0.688. The van der Waals surface area contributed by atoms with Gasteiger partial charge in [0, 0.05) is 19.6 Å². The van der Waals surface area contributed by atoms with Crippen LogP contribution in [0.3, 0.4) is 0 Å². The Morgan fingerprint density at radius 3 is 2.59 bits per heavy atom. The first-order valence-corrected chi connectivity index (χ1v) is 9.33. The molecule has 0 aromatic heterocycles. The Kier molecular flexibility index (Phi) is 7.42. The second-order valence-electron chi connectivity index (χ2n) is 7.59. The van der Waals surface area contributed by atoms with Crippen molar-refractivity contribution in [1.82, 2.24) is 9.80 Å². The maximum absolute atomic E-state index is 12.9. The first kappa shape index (κ1) is 21.0. The maximum Gasteiger partial charge on any atom is 0.411 e. The van der Waals surface area contributed by atoms with Gasteiger partial charge in [0.05, 0.1) is 13.2 Å². The standard InChI is InChI=1S/C21H30N2O4/c1-5-6-12-22-13-14-23(20(25)27-21(2,3)4)18(19(22)24)16-26-15-17-10-8-7-9-11-17/h5,7-11,18H,1,6,12-16H2,2-4H3/t18-/m0/s1. The largest absolute Gasteiger partial charge is 0.444 e. The van der Waals surface area contributed by atoms with Crippen LogP contribution in [0.15, 0.2) is 43.0 Å². The summed E-state index contributed by atoms with van der Waals surface area (Å²) in [6.45, 7) is 11.2. The molecule has 6 nitrogen and oxygen atoms in total. The third-order valence-corrected chi connectivity index (χ3v) is 4.20. The number of benzene rings is 1. The zero-order valence-electron chi connectivity index (χ0n) is 16.5. The molecule has 2 amide bonds. The first-order valence-electron chi connectivity index (χ1n) is 9.33. The Hall–Kier alpha value is -2.34. The molecule has 27 heavy (non-hydrogen) atoms. The fraction of sp³-hybridized carbons (Fsp3) is 0.524. The Morgan fingerprint density at radius 2 is 1.96 bits per heavy atom. The molecule has 1 saturated heterocycles. The minimum Gasteiger partial charge on any atom is -0.444 e. The number of nitrogens with zero attached hydrogens (tertiary/aromatic N) is 2. The molecule has 1 atom stereocenters. The Morgan fingerprint density at radius 1 is 1.26 bits per heavy atom. The van der Waals surface area contributed by atoms with Gasteiger partial charge in [-0.05, 0) is 32.8 Å². The van der Waals surface area contributed by atoms with Crippen molar-refractivity contribution >= 4 is 12.0 Å². The average molecular weight is 374 g/mol. The van der Waals surface area contributed by atoms with E-state index in [1.165, 1.54) is 4.90 Å². The van der Waals surface area contributed by atoms with E-state index >= 15 is 0 Å². The van der Waals surface area contributed by atoms with Crippen LogP contribution in [0, 0.1) is 0 Å². The summed E-state index contributed by atoms with van der Waals surface area (Å²) in [6, 6.07) is 9.07. The minimum atomic E-state index is -0.679. The summed E-state index contributed by atoms with van der Waals surface area (Å²) in [6.07, 6.45) is 2.03. The van der Waals surface area contributed by atoms with Crippen LogP contribution in [0.1, 0.15) is 32.8 Å². The molecule has 0 saturated carbocycles. The van der Waals surface area contributed by atoms with Crippen LogP contribution in [-0.2, 0) is 20.9 Å². The Bertz CT molecular complexity index is 639. The van der Waals surface area contributed by atoms with Gasteiger partial charge in [-0.1, -0.05) is 36.4 Å². The van der Waals surface area contributed by atoms with Gasteiger partial charge in [-0.3, -0.25) is 9.69 Å². The second kappa shape index (κ2) is 9.55. The van der Waals surface area contributed by atoms with E-state index in [4.69, 9.17) is 9.47 Å². The number of hydrogen-bond acceptors (Lipinski definition) is 4. The average Bonchev–Trinajstić information content (AvgIpc) is 2.61. The van der Waals surface area contributed by atoms with E-state index in [0.29, 0.717) is 26.2 Å². The van der Waals surface area contributed by atoms with Gasteiger partial charge in [-0.2, -0.15) is 0 Å². The Labute approximate surface area is 161 Å². The van der Waals surface area contributed by atoms with Crippen LogP contribution in [0.2, 0.25) is 0 Å². The normalized spacial score (nSPS) is 17.7. The summed E-state index contributed by atoms with van der Waals surface area (Å²) in [7, 11) is 0. The Balaban J connectivity index is 2.05. The molecule has 1 aliphatic rings. The lowest BCUT2D eigenvalue weighted by Crippen LogP contribution is -2.61. The highest BCUT2D eigenvalue weighted by Crippen LogP contribution is 2.18. The molecule has 1 fully saturated rings. The van der Waals surface area contributed by atoms with Crippen molar-refractivity contribution in [3.8, 4) is 0 Å². The van der Waals surface area contributed by atoms with Crippen molar-refractivity contribution < 1.29 is 19.1 Å². The summed E-state index contributed by atoms with van der Waals surface area (Å²) in [5, 5.41) is 0. The number of rotatable bonds is 7. The zero-order chi connectivity index (χ0) is 19.9. The first-order chi connectivity index (χ1) is 12.8. The van der Waals surface area contributed by atoms with Crippen molar-refractivity contribution in [2.75, 3.05) is 26.2 Å². The summed E-state index contributed by atoms with van der Waals surface area (Å²) in [4.78, 5) is 28.8. The van der Waals surface area contributed by atoms with Crippen LogP contribution in [0.5, 0.6) is 0 Å². The van der Waals surface area contributed by atoms with Gasteiger partial charge in [-0.15, -0.1) is 6.58 Å². The molecular weight excluding hydrogens is 344 g/mol. The van der Waals surface area contributed by atoms with Gasteiger partial charge < -0.3 is 14.4 Å². The fourth-order valence-corrected chi connectivity index (χ4v) is 2.87. The highest BCUT2D eigenvalue weighted by Gasteiger charge is 2.39. The number of piperazine rings is 1. The summed E-state index contributed by atoms with van der Waals surface area (Å²) < 4.78 is 11.3. The van der Waals surface area contributed by atoms with E-state index in [2.05, 4.69) is 6.58 Å². The van der Waals surface area contributed by atoms with Crippen LogP contribution in [0.4, 0.5) is 4.79 Å². The molecule has 2 rings (SSSR count). The van der Waals surface area contributed by atoms with Gasteiger partial charge >= 0.3 is 6.09 Å². The van der Waals surface area contributed by atoms with Crippen molar-refractivity contribution in [3.05, 3.63) is 48.6 Å². The lowest BCUT2D eigenvalue weighted by Gasteiger charge is -2.40. The van der Waals surface area contributed by atoms with Gasteiger partial charge in [0.1, 0.15) is 11.6 Å². The smallest absolute Gasteiger partial charge is 0.411 e. The number of hydrogen-bond donors (Lipinski definition) is 0. The van der Waals surface area contributed by atoms with E-state index < -0.39 is 17.7 Å².